The molecule has 2 aromatic rings. The second-order valence-corrected chi connectivity index (χ2v) is 5.31. The number of rotatable bonds is 6. The summed E-state index contributed by atoms with van der Waals surface area (Å²) in [4.78, 5) is 34.3. The SMILES string of the molecule is CC(=O)C(N=Nc1ccc(C)c([N+](=O)[O-])c1)C(=O)Nc1ccccc1. The second-order valence-electron chi connectivity index (χ2n) is 5.31. The van der Waals surface area contributed by atoms with Gasteiger partial charge in [0.05, 0.1) is 10.6 Å². The summed E-state index contributed by atoms with van der Waals surface area (Å²) < 4.78 is 0. The summed E-state index contributed by atoms with van der Waals surface area (Å²) >= 11 is 0. The summed E-state index contributed by atoms with van der Waals surface area (Å²) in [5, 5.41) is 21.1. The van der Waals surface area contributed by atoms with Crippen LogP contribution in [-0.4, -0.2) is 22.7 Å². The Hall–Kier alpha value is -3.42. The molecule has 2 rings (SSSR count). The fourth-order valence-corrected chi connectivity index (χ4v) is 2.03. The highest BCUT2D eigenvalue weighted by Gasteiger charge is 2.23. The first-order chi connectivity index (χ1) is 11.9. The zero-order valence-electron chi connectivity index (χ0n) is 13.7. The molecule has 0 saturated heterocycles. The molecule has 1 N–H and O–H groups in total. The monoisotopic (exact) mass is 340 g/mol. The molecule has 128 valence electrons. The summed E-state index contributed by atoms with van der Waals surface area (Å²) in [6.07, 6.45) is 0. The van der Waals surface area contributed by atoms with E-state index >= 15 is 0 Å². The van der Waals surface area contributed by atoms with Crippen molar-refractivity contribution in [2.24, 2.45) is 10.2 Å². The molecule has 2 aromatic carbocycles. The lowest BCUT2D eigenvalue weighted by atomic mass is 10.2. The first kappa shape index (κ1) is 17.9. The number of carbonyl (C=O) groups excluding carboxylic acids is 2. The van der Waals surface area contributed by atoms with Crippen molar-refractivity contribution >= 4 is 28.8 Å². The van der Waals surface area contributed by atoms with Crippen LogP contribution in [0.3, 0.4) is 0 Å². The number of nitro benzene ring substituents is 1. The van der Waals surface area contributed by atoms with E-state index in [1.807, 2.05) is 0 Å². The Morgan fingerprint density at radius 1 is 1.16 bits per heavy atom. The largest absolute Gasteiger partial charge is 0.324 e. The molecule has 0 spiro atoms. The first-order valence-electron chi connectivity index (χ1n) is 7.40. The van der Waals surface area contributed by atoms with Crippen molar-refractivity contribution in [3.63, 3.8) is 0 Å². The standard InChI is InChI=1S/C17H16N4O4/c1-11-8-9-14(10-15(11)21(24)25)19-20-16(12(2)22)17(23)18-13-6-4-3-5-7-13/h3-10,16H,1-2H3,(H,18,23). The molecular weight excluding hydrogens is 324 g/mol. The highest BCUT2D eigenvalue weighted by molar-refractivity contribution is 6.10. The van der Waals surface area contributed by atoms with Crippen LogP contribution in [0.2, 0.25) is 0 Å². The lowest BCUT2D eigenvalue weighted by Gasteiger charge is -2.09. The fraction of sp³-hybridized carbons (Fsp3) is 0.176. The molecule has 1 unspecified atom stereocenters. The Morgan fingerprint density at radius 2 is 1.84 bits per heavy atom. The third-order valence-corrected chi connectivity index (χ3v) is 3.35. The number of anilines is 1. The Balaban J connectivity index is 2.20. The van der Waals surface area contributed by atoms with Gasteiger partial charge in [-0.1, -0.05) is 24.3 Å². The number of Topliss-reactive ketones (excluding diaryl/α,β-unsaturated/α-hetero) is 1. The summed E-state index contributed by atoms with van der Waals surface area (Å²) in [6, 6.07) is 11.6. The molecule has 0 bridgehead atoms. The van der Waals surface area contributed by atoms with Crippen molar-refractivity contribution < 1.29 is 14.5 Å². The average Bonchev–Trinajstić information content (AvgIpc) is 2.56. The summed E-state index contributed by atoms with van der Waals surface area (Å²) in [6.45, 7) is 2.83. The van der Waals surface area contributed by atoms with Gasteiger partial charge in [0.25, 0.3) is 11.6 Å². The molecule has 8 nitrogen and oxygen atoms in total. The highest BCUT2D eigenvalue weighted by Crippen LogP contribution is 2.24. The van der Waals surface area contributed by atoms with Crippen LogP contribution in [0.5, 0.6) is 0 Å². The third-order valence-electron chi connectivity index (χ3n) is 3.35. The minimum Gasteiger partial charge on any atom is -0.324 e. The number of nitro groups is 1. The Bertz CT molecular complexity index is 834. The molecule has 0 aromatic heterocycles. The van der Waals surface area contributed by atoms with E-state index in [-0.39, 0.29) is 11.4 Å². The van der Waals surface area contributed by atoms with Gasteiger partial charge < -0.3 is 5.32 Å². The maximum atomic E-state index is 12.2. The fourth-order valence-electron chi connectivity index (χ4n) is 2.03. The van der Waals surface area contributed by atoms with Crippen LogP contribution in [-0.2, 0) is 9.59 Å². The molecule has 0 fully saturated rings. The quantitative estimate of drug-likeness (QED) is 0.374. The minimum absolute atomic E-state index is 0.107. The van der Waals surface area contributed by atoms with E-state index in [1.54, 1.807) is 37.3 Å². The maximum Gasteiger partial charge on any atom is 0.274 e. The normalized spacial score (nSPS) is 11.9. The average molecular weight is 340 g/mol. The van der Waals surface area contributed by atoms with Crippen LogP contribution in [0.1, 0.15) is 12.5 Å². The summed E-state index contributed by atoms with van der Waals surface area (Å²) in [7, 11) is 0. The Morgan fingerprint density at radius 3 is 2.44 bits per heavy atom. The zero-order chi connectivity index (χ0) is 18.4. The second kappa shape index (κ2) is 7.91. The number of aryl methyl sites for hydroxylation is 1. The van der Waals surface area contributed by atoms with Gasteiger partial charge >= 0.3 is 0 Å². The van der Waals surface area contributed by atoms with Crippen molar-refractivity contribution in [2.75, 3.05) is 5.32 Å². The smallest absolute Gasteiger partial charge is 0.274 e. The highest BCUT2D eigenvalue weighted by atomic mass is 16.6. The number of nitrogens with one attached hydrogen (secondary N) is 1. The number of nitrogens with zero attached hydrogens (tertiary/aromatic N) is 3. The van der Waals surface area contributed by atoms with E-state index in [0.717, 1.165) is 0 Å². The van der Waals surface area contributed by atoms with E-state index in [2.05, 4.69) is 15.5 Å². The van der Waals surface area contributed by atoms with Crippen LogP contribution < -0.4 is 5.32 Å². The summed E-state index contributed by atoms with van der Waals surface area (Å²) in [5.74, 6) is -1.11. The van der Waals surface area contributed by atoms with E-state index in [9.17, 15) is 19.7 Å². The predicted octanol–water partition coefficient (Wildman–Crippen LogP) is 3.58. The van der Waals surface area contributed by atoms with Crippen LogP contribution >= 0.6 is 0 Å². The van der Waals surface area contributed by atoms with Crippen molar-refractivity contribution in [2.45, 2.75) is 19.9 Å². The van der Waals surface area contributed by atoms with Gasteiger partial charge in [-0.25, -0.2) is 0 Å². The van der Waals surface area contributed by atoms with Crippen LogP contribution in [0, 0.1) is 17.0 Å². The van der Waals surface area contributed by atoms with Crippen LogP contribution in [0.15, 0.2) is 58.8 Å². The molecule has 0 aliphatic rings. The van der Waals surface area contributed by atoms with Gasteiger partial charge in [0.2, 0.25) is 6.04 Å². The van der Waals surface area contributed by atoms with Gasteiger partial charge in [-0.3, -0.25) is 19.7 Å². The maximum absolute atomic E-state index is 12.2. The van der Waals surface area contributed by atoms with E-state index in [4.69, 9.17) is 0 Å². The number of para-hydroxylation sites is 1. The van der Waals surface area contributed by atoms with Gasteiger partial charge in [-0.15, -0.1) is 0 Å². The van der Waals surface area contributed by atoms with Gasteiger partial charge in [0.1, 0.15) is 0 Å². The van der Waals surface area contributed by atoms with Crippen LogP contribution in [0.25, 0.3) is 0 Å². The number of hydrogen-bond acceptors (Lipinski definition) is 6. The van der Waals surface area contributed by atoms with Crippen molar-refractivity contribution in [3.8, 4) is 0 Å². The lowest BCUT2D eigenvalue weighted by Crippen LogP contribution is -2.31. The summed E-state index contributed by atoms with van der Waals surface area (Å²) in [5.41, 5.74) is 1.09. The number of azo groups is 1. The Kier molecular flexibility index (Phi) is 5.67. The number of hydrogen-bond donors (Lipinski definition) is 1. The number of amides is 1. The molecule has 25 heavy (non-hydrogen) atoms. The lowest BCUT2D eigenvalue weighted by molar-refractivity contribution is -0.385. The van der Waals surface area contributed by atoms with E-state index in [0.29, 0.717) is 11.3 Å². The topological polar surface area (TPSA) is 114 Å². The van der Waals surface area contributed by atoms with Gasteiger partial charge in [-0.05, 0) is 32.0 Å². The zero-order valence-corrected chi connectivity index (χ0v) is 13.7. The molecule has 0 aliphatic carbocycles. The molecule has 0 aliphatic heterocycles. The van der Waals surface area contributed by atoms with Gasteiger partial charge in [0.15, 0.2) is 5.78 Å². The van der Waals surface area contributed by atoms with Crippen molar-refractivity contribution in [1.82, 2.24) is 0 Å². The molecular formula is C17H16N4O4. The van der Waals surface area contributed by atoms with E-state index < -0.39 is 22.7 Å². The van der Waals surface area contributed by atoms with Gasteiger partial charge in [0, 0.05) is 17.3 Å². The predicted molar refractivity (Wildman–Crippen MR) is 91.9 cm³/mol. The number of benzene rings is 2. The first-order valence-corrected chi connectivity index (χ1v) is 7.40. The molecule has 0 saturated carbocycles. The molecule has 1 atom stereocenters. The van der Waals surface area contributed by atoms with E-state index in [1.165, 1.54) is 25.1 Å². The van der Waals surface area contributed by atoms with Crippen molar-refractivity contribution in [1.29, 1.82) is 0 Å². The molecule has 1 amide bonds. The van der Waals surface area contributed by atoms with Gasteiger partial charge in [-0.2, -0.15) is 10.2 Å². The molecule has 0 radical (unpaired) electrons. The number of carbonyl (C=O) groups is 2. The van der Waals surface area contributed by atoms with Crippen molar-refractivity contribution in [3.05, 3.63) is 64.2 Å². The minimum atomic E-state index is -1.33. The molecule has 0 heterocycles. The third kappa shape index (κ3) is 4.77. The van der Waals surface area contributed by atoms with Crippen LogP contribution in [0.4, 0.5) is 17.1 Å². The number of ketones is 1. The molecule has 8 heteroatoms. The Labute approximate surface area is 143 Å².